The average molecular weight is 422 g/mol. The van der Waals surface area contributed by atoms with Crippen molar-refractivity contribution >= 4 is 34.0 Å². The van der Waals surface area contributed by atoms with Crippen molar-refractivity contribution in [3.8, 4) is 11.6 Å². The van der Waals surface area contributed by atoms with E-state index in [0.717, 1.165) is 16.6 Å². The zero-order valence-electron chi connectivity index (χ0n) is 15.9. The second-order valence-corrected chi connectivity index (χ2v) is 6.87. The van der Waals surface area contributed by atoms with Crippen LogP contribution >= 0.6 is 11.6 Å². The Hall–Kier alpha value is -3.78. The highest BCUT2D eigenvalue weighted by Gasteiger charge is 2.25. The van der Waals surface area contributed by atoms with E-state index in [9.17, 15) is 10.1 Å². The van der Waals surface area contributed by atoms with Crippen molar-refractivity contribution < 1.29 is 9.66 Å². The van der Waals surface area contributed by atoms with Crippen molar-refractivity contribution in [2.24, 2.45) is 0 Å². The monoisotopic (exact) mass is 421 g/mol. The van der Waals surface area contributed by atoms with Gasteiger partial charge in [0, 0.05) is 22.6 Å². The number of hydrogen-bond donors (Lipinski definition) is 1. The van der Waals surface area contributed by atoms with Crippen LogP contribution in [0, 0.1) is 17.0 Å². The fourth-order valence-corrected chi connectivity index (χ4v) is 3.16. The van der Waals surface area contributed by atoms with Gasteiger partial charge >= 0.3 is 11.6 Å². The lowest BCUT2D eigenvalue weighted by atomic mass is 10.2. The molecule has 1 N–H and O–H groups in total. The van der Waals surface area contributed by atoms with Gasteiger partial charge in [0.05, 0.1) is 4.92 Å². The number of anilines is 1. The minimum absolute atomic E-state index is 0.0364. The molecule has 2 aromatic carbocycles. The van der Waals surface area contributed by atoms with E-state index >= 15 is 0 Å². The van der Waals surface area contributed by atoms with Crippen molar-refractivity contribution in [1.82, 2.24) is 15.0 Å². The van der Waals surface area contributed by atoms with Crippen LogP contribution in [0.25, 0.3) is 10.9 Å². The molecule has 4 rings (SSSR count). The molecule has 0 spiro atoms. The van der Waals surface area contributed by atoms with Gasteiger partial charge in [0.15, 0.2) is 5.75 Å². The molecule has 4 aromatic rings. The van der Waals surface area contributed by atoms with Crippen molar-refractivity contribution in [3.05, 3.63) is 87.3 Å². The number of fused-ring (bicyclic) bond motifs is 1. The molecule has 9 heteroatoms. The fraction of sp³-hybridized carbons (Fsp3) is 0.0952. The number of rotatable bonds is 6. The van der Waals surface area contributed by atoms with E-state index in [1.54, 1.807) is 18.2 Å². The lowest BCUT2D eigenvalue weighted by molar-refractivity contribution is -0.385. The van der Waals surface area contributed by atoms with Crippen LogP contribution in [-0.4, -0.2) is 19.9 Å². The third-order valence-corrected chi connectivity index (χ3v) is 4.77. The highest BCUT2D eigenvalue weighted by molar-refractivity contribution is 6.31. The van der Waals surface area contributed by atoms with Crippen molar-refractivity contribution in [1.29, 1.82) is 0 Å². The Morgan fingerprint density at radius 3 is 2.73 bits per heavy atom. The molecule has 30 heavy (non-hydrogen) atoms. The fourth-order valence-electron chi connectivity index (χ4n) is 2.96. The number of nitrogens with one attached hydrogen (secondary N) is 1. The van der Waals surface area contributed by atoms with Gasteiger partial charge in [-0.2, -0.15) is 4.98 Å². The molecule has 0 aliphatic carbocycles. The first-order valence-electron chi connectivity index (χ1n) is 9.04. The molecule has 0 atom stereocenters. The molecular weight excluding hydrogens is 406 g/mol. The van der Waals surface area contributed by atoms with Gasteiger partial charge < -0.3 is 10.1 Å². The maximum atomic E-state index is 11.8. The minimum atomic E-state index is -0.575. The molecule has 2 aromatic heterocycles. The van der Waals surface area contributed by atoms with Crippen molar-refractivity contribution in [2.75, 3.05) is 5.32 Å². The van der Waals surface area contributed by atoms with Gasteiger partial charge in [-0.15, -0.1) is 0 Å². The second kappa shape index (κ2) is 8.30. The number of para-hydroxylation sites is 1. The normalized spacial score (nSPS) is 10.7. The Bertz CT molecular complexity index is 1250. The summed E-state index contributed by atoms with van der Waals surface area (Å²) in [6, 6.07) is 16.4. The molecule has 2 heterocycles. The third kappa shape index (κ3) is 3.99. The molecule has 8 nitrogen and oxygen atoms in total. The molecule has 0 bridgehead atoms. The lowest BCUT2D eigenvalue weighted by Gasteiger charge is -2.11. The van der Waals surface area contributed by atoms with Crippen LogP contribution in [0.4, 0.5) is 11.5 Å². The first-order chi connectivity index (χ1) is 14.5. The zero-order chi connectivity index (χ0) is 21.1. The summed E-state index contributed by atoms with van der Waals surface area (Å²) in [5.74, 6) is 0.233. The summed E-state index contributed by atoms with van der Waals surface area (Å²) < 4.78 is 5.83. The number of hydrogen-bond acceptors (Lipinski definition) is 7. The molecular formula is C21H16ClN5O3. The van der Waals surface area contributed by atoms with Crippen LogP contribution in [0.15, 0.2) is 60.9 Å². The Kier molecular flexibility index (Phi) is 5.40. The minimum Gasteiger partial charge on any atom is -0.431 e. The van der Waals surface area contributed by atoms with Crippen LogP contribution < -0.4 is 10.1 Å². The SMILES string of the molecule is Cc1ccc2cccc(Oc3ncnc(NCc4ccccc4Cl)c3[N+](=O)[O-])c2n1. The van der Waals surface area contributed by atoms with Gasteiger partial charge in [-0.05, 0) is 30.7 Å². The van der Waals surface area contributed by atoms with Gasteiger partial charge in [-0.25, -0.2) is 9.97 Å². The summed E-state index contributed by atoms with van der Waals surface area (Å²) in [6.07, 6.45) is 1.21. The molecule has 0 amide bonds. The number of nitrogens with zero attached hydrogens (tertiary/aromatic N) is 4. The number of aromatic nitrogens is 3. The summed E-state index contributed by atoms with van der Waals surface area (Å²) in [7, 11) is 0. The molecule has 0 aliphatic heterocycles. The topological polar surface area (TPSA) is 103 Å². The summed E-state index contributed by atoms with van der Waals surface area (Å²) >= 11 is 6.16. The van der Waals surface area contributed by atoms with E-state index in [1.165, 1.54) is 6.33 Å². The van der Waals surface area contributed by atoms with Crippen LogP contribution in [0.3, 0.4) is 0 Å². The lowest BCUT2D eigenvalue weighted by Crippen LogP contribution is -2.07. The van der Waals surface area contributed by atoms with E-state index < -0.39 is 4.92 Å². The predicted molar refractivity (Wildman–Crippen MR) is 114 cm³/mol. The van der Waals surface area contributed by atoms with Gasteiger partial charge in [-0.3, -0.25) is 10.1 Å². The number of benzene rings is 2. The molecule has 0 aliphatic rings. The Morgan fingerprint density at radius 2 is 1.93 bits per heavy atom. The Labute approximate surface area is 176 Å². The third-order valence-electron chi connectivity index (χ3n) is 4.40. The average Bonchev–Trinajstić information content (AvgIpc) is 2.73. The molecule has 0 unspecified atom stereocenters. The van der Waals surface area contributed by atoms with E-state index in [0.29, 0.717) is 16.3 Å². The molecule has 0 radical (unpaired) electrons. The van der Waals surface area contributed by atoms with E-state index in [-0.39, 0.29) is 23.9 Å². The molecule has 0 fully saturated rings. The Balaban J connectivity index is 1.69. The number of ether oxygens (including phenoxy) is 1. The predicted octanol–water partition coefficient (Wildman–Crippen LogP) is 5.30. The highest BCUT2D eigenvalue weighted by Crippen LogP contribution is 2.36. The standard InChI is InChI=1S/C21H16ClN5O3/c1-13-9-10-14-6-4-8-17(18(14)26-13)30-21-19(27(28)29)20(24-12-25-21)23-11-15-5-2-3-7-16(15)22/h2-10,12H,11H2,1H3,(H,23,24,25). The van der Waals surface area contributed by atoms with Crippen LogP contribution in [0.5, 0.6) is 11.6 Å². The molecule has 0 saturated carbocycles. The van der Waals surface area contributed by atoms with E-state index in [4.69, 9.17) is 16.3 Å². The number of halogens is 1. The van der Waals surface area contributed by atoms with Crippen LogP contribution in [-0.2, 0) is 6.54 Å². The number of nitro groups is 1. The summed E-state index contributed by atoms with van der Waals surface area (Å²) in [4.78, 5) is 23.7. The maximum absolute atomic E-state index is 11.8. The largest absolute Gasteiger partial charge is 0.431 e. The highest BCUT2D eigenvalue weighted by atomic mass is 35.5. The molecule has 150 valence electrons. The van der Waals surface area contributed by atoms with E-state index in [1.807, 2.05) is 43.3 Å². The summed E-state index contributed by atoms with van der Waals surface area (Å²) in [5, 5.41) is 16.1. The van der Waals surface area contributed by atoms with Crippen LogP contribution in [0.1, 0.15) is 11.3 Å². The quantitative estimate of drug-likeness (QED) is 0.333. The summed E-state index contributed by atoms with van der Waals surface area (Å²) in [6.45, 7) is 2.12. The van der Waals surface area contributed by atoms with Gasteiger partial charge in [0.1, 0.15) is 11.8 Å². The molecule has 0 saturated heterocycles. The van der Waals surface area contributed by atoms with Gasteiger partial charge in [0.25, 0.3) is 0 Å². The number of aryl methyl sites for hydroxylation is 1. The summed E-state index contributed by atoms with van der Waals surface area (Å²) in [5.41, 5.74) is 1.81. The maximum Gasteiger partial charge on any atom is 0.373 e. The van der Waals surface area contributed by atoms with E-state index in [2.05, 4.69) is 20.3 Å². The van der Waals surface area contributed by atoms with Crippen molar-refractivity contribution in [2.45, 2.75) is 13.5 Å². The smallest absolute Gasteiger partial charge is 0.373 e. The van der Waals surface area contributed by atoms with Gasteiger partial charge in [0.2, 0.25) is 5.82 Å². The number of pyridine rings is 1. The first-order valence-corrected chi connectivity index (χ1v) is 9.41. The van der Waals surface area contributed by atoms with Gasteiger partial charge in [-0.1, -0.05) is 48.0 Å². The van der Waals surface area contributed by atoms with Crippen molar-refractivity contribution in [3.63, 3.8) is 0 Å². The first kappa shape index (κ1) is 19.5. The Morgan fingerprint density at radius 1 is 1.10 bits per heavy atom. The second-order valence-electron chi connectivity index (χ2n) is 6.46. The zero-order valence-corrected chi connectivity index (χ0v) is 16.6. The van der Waals surface area contributed by atoms with Crippen LogP contribution in [0.2, 0.25) is 5.02 Å².